The predicted octanol–water partition coefficient (Wildman–Crippen LogP) is 3.72. The Labute approximate surface area is 121 Å². The van der Waals surface area contributed by atoms with Crippen LogP contribution in [0.1, 0.15) is 5.56 Å². The van der Waals surface area contributed by atoms with Gasteiger partial charge < -0.3 is 15.2 Å². The molecular weight excluding hydrogens is 277 g/mol. The fourth-order valence-electron chi connectivity index (χ4n) is 1.78. The van der Waals surface area contributed by atoms with Gasteiger partial charge in [0.2, 0.25) is 0 Å². The molecule has 0 unspecified atom stereocenters. The third-order valence-corrected chi connectivity index (χ3v) is 3.97. The van der Waals surface area contributed by atoms with E-state index in [2.05, 4.69) is 0 Å². The van der Waals surface area contributed by atoms with Crippen molar-refractivity contribution in [2.24, 2.45) is 0 Å². The fraction of sp³-hybridized carbons (Fsp3) is 0.200. The van der Waals surface area contributed by atoms with Gasteiger partial charge in [-0.25, -0.2) is 4.39 Å². The van der Waals surface area contributed by atoms with Crippen LogP contribution in [0, 0.1) is 5.82 Å². The third-order valence-electron chi connectivity index (χ3n) is 2.81. The van der Waals surface area contributed by atoms with E-state index in [-0.39, 0.29) is 5.82 Å². The summed E-state index contributed by atoms with van der Waals surface area (Å²) >= 11 is 1.55. The van der Waals surface area contributed by atoms with Crippen LogP contribution in [0.5, 0.6) is 11.5 Å². The highest BCUT2D eigenvalue weighted by atomic mass is 32.2. The predicted molar refractivity (Wildman–Crippen MR) is 79.9 cm³/mol. The highest BCUT2D eigenvalue weighted by Gasteiger charge is 2.06. The molecule has 0 amide bonds. The second-order valence-corrected chi connectivity index (χ2v) is 5.18. The lowest BCUT2D eigenvalue weighted by Crippen LogP contribution is -1.93. The number of hydrogen-bond acceptors (Lipinski definition) is 4. The van der Waals surface area contributed by atoms with Crippen molar-refractivity contribution in [3.05, 3.63) is 47.8 Å². The van der Waals surface area contributed by atoms with Gasteiger partial charge in [-0.1, -0.05) is 6.07 Å². The third kappa shape index (κ3) is 3.36. The first-order valence-corrected chi connectivity index (χ1v) is 7.01. The number of rotatable bonds is 5. The molecule has 0 aliphatic heterocycles. The number of anilines is 1. The first-order chi connectivity index (χ1) is 9.63. The van der Waals surface area contributed by atoms with Gasteiger partial charge in [0.15, 0.2) is 11.5 Å². The maximum absolute atomic E-state index is 13.0. The fourth-order valence-corrected chi connectivity index (χ4v) is 2.67. The molecule has 0 aliphatic rings. The van der Waals surface area contributed by atoms with Crippen LogP contribution in [0.15, 0.2) is 41.3 Å². The van der Waals surface area contributed by atoms with Crippen LogP contribution in [-0.2, 0) is 5.75 Å². The van der Waals surface area contributed by atoms with Crippen LogP contribution in [-0.4, -0.2) is 14.2 Å². The summed E-state index contributed by atoms with van der Waals surface area (Å²) in [5.41, 5.74) is 7.32. The number of hydrogen-bond donors (Lipinski definition) is 1. The summed E-state index contributed by atoms with van der Waals surface area (Å²) in [7, 11) is 3.21. The van der Waals surface area contributed by atoms with Gasteiger partial charge in [-0.15, -0.1) is 11.8 Å². The molecule has 2 N–H and O–H groups in total. The van der Waals surface area contributed by atoms with Gasteiger partial charge in [0.25, 0.3) is 0 Å². The molecule has 0 heterocycles. The second-order valence-electron chi connectivity index (χ2n) is 4.16. The van der Waals surface area contributed by atoms with Gasteiger partial charge in [0.05, 0.1) is 14.2 Å². The molecule has 0 aliphatic carbocycles. The summed E-state index contributed by atoms with van der Waals surface area (Å²) in [6.07, 6.45) is 0. The van der Waals surface area contributed by atoms with E-state index in [1.54, 1.807) is 32.0 Å². The van der Waals surface area contributed by atoms with Crippen LogP contribution in [0.4, 0.5) is 10.1 Å². The lowest BCUT2D eigenvalue weighted by molar-refractivity contribution is 0.354. The van der Waals surface area contributed by atoms with Crippen molar-refractivity contribution >= 4 is 17.4 Å². The number of halogens is 1. The largest absolute Gasteiger partial charge is 0.493 e. The van der Waals surface area contributed by atoms with Crippen molar-refractivity contribution in [2.75, 3.05) is 20.0 Å². The van der Waals surface area contributed by atoms with E-state index in [4.69, 9.17) is 15.2 Å². The van der Waals surface area contributed by atoms with E-state index >= 15 is 0 Å². The van der Waals surface area contributed by atoms with Crippen LogP contribution in [0.3, 0.4) is 0 Å². The van der Waals surface area contributed by atoms with Gasteiger partial charge in [-0.2, -0.15) is 0 Å². The molecule has 106 valence electrons. The highest BCUT2D eigenvalue weighted by molar-refractivity contribution is 7.98. The van der Waals surface area contributed by atoms with Crippen LogP contribution < -0.4 is 15.2 Å². The standard InChI is InChI=1S/C15H16FNO2S/c1-18-13-5-3-10(7-14(13)19-2)9-20-15-6-4-11(16)8-12(15)17/h3-8H,9,17H2,1-2H3. The van der Waals surface area contributed by atoms with E-state index < -0.39 is 0 Å². The van der Waals surface area contributed by atoms with Crippen molar-refractivity contribution in [1.29, 1.82) is 0 Å². The molecular formula is C15H16FNO2S. The van der Waals surface area contributed by atoms with E-state index in [1.165, 1.54) is 12.1 Å². The molecule has 2 aromatic carbocycles. The minimum Gasteiger partial charge on any atom is -0.493 e. The molecule has 0 bridgehead atoms. The lowest BCUT2D eigenvalue weighted by atomic mass is 10.2. The summed E-state index contributed by atoms with van der Waals surface area (Å²) in [6.45, 7) is 0. The van der Waals surface area contributed by atoms with Crippen LogP contribution in [0.25, 0.3) is 0 Å². The Morgan fingerprint density at radius 1 is 1.05 bits per heavy atom. The molecule has 0 aromatic heterocycles. The van der Waals surface area contributed by atoms with Gasteiger partial charge in [0, 0.05) is 16.3 Å². The molecule has 0 saturated heterocycles. The van der Waals surface area contributed by atoms with Gasteiger partial charge >= 0.3 is 0 Å². The molecule has 3 nitrogen and oxygen atoms in total. The Balaban J connectivity index is 2.10. The average Bonchev–Trinajstić information content (AvgIpc) is 2.46. The number of methoxy groups -OCH3 is 2. The molecule has 0 radical (unpaired) electrons. The quantitative estimate of drug-likeness (QED) is 0.674. The van der Waals surface area contributed by atoms with E-state index in [0.29, 0.717) is 17.2 Å². The Bertz CT molecular complexity index is 604. The minimum atomic E-state index is -0.321. The summed E-state index contributed by atoms with van der Waals surface area (Å²) in [5.74, 6) is 1.79. The number of benzene rings is 2. The SMILES string of the molecule is COc1ccc(CSc2ccc(F)cc2N)cc1OC. The van der Waals surface area contributed by atoms with Gasteiger partial charge in [0.1, 0.15) is 5.82 Å². The van der Waals surface area contributed by atoms with Crippen molar-refractivity contribution in [1.82, 2.24) is 0 Å². The Morgan fingerprint density at radius 3 is 2.45 bits per heavy atom. The normalized spacial score (nSPS) is 10.3. The summed E-state index contributed by atoms with van der Waals surface area (Å²) in [5, 5.41) is 0. The van der Waals surface area contributed by atoms with Crippen LogP contribution in [0.2, 0.25) is 0 Å². The summed E-state index contributed by atoms with van der Waals surface area (Å²) < 4.78 is 23.4. The molecule has 5 heteroatoms. The molecule has 0 saturated carbocycles. The zero-order chi connectivity index (χ0) is 14.5. The zero-order valence-electron chi connectivity index (χ0n) is 11.4. The smallest absolute Gasteiger partial charge is 0.161 e. The molecule has 2 rings (SSSR count). The Morgan fingerprint density at radius 2 is 1.80 bits per heavy atom. The van der Waals surface area contributed by atoms with Crippen molar-refractivity contribution < 1.29 is 13.9 Å². The van der Waals surface area contributed by atoms with E-state index in [0.717, 1.165) is 16.2 Å². The molecule has 2 aromatic rings. The van der Waals surface area contributed by atoms with Crippen molar-refractivity contribution in [3.8, 4) is 11.5 Å². The topological polar surface area (TPSA) is 44.5 Å². The number of nitrogen functional groups attached to an aromatic ring is 1. The van der Waals surface area contributed by atoms with Gasteiger partial charge in [-0.3, -0.25) is 0 Å². The lowest BCUT2D eigenvalue weighted by Gasteiger charge is -2.10. The monoisotopic (exact) mass is 293 g/mol. The molecule has 20 heavy (non-hydrogen) atoms. The van der Waals surface area contributed by atoms with Crippen LogP contribution >= 0.6 is 11.8 Å². The Hall–Kier alpha value is -1.88. The first kappa shape index (κ1) is 14.5. The van der Waals surface area contributed by atoms with E-state index in [9.17, 15) is 4.39 Å². The number of ether oxygens (including phenoxy) is 2. The second kappa shape index (κ2) is 6.52. The van der Waals surface area contributed by atoms with Crippen molar-refractivity contribution in [2.45, 2.75) is 10.6 Å². The summed E-state index contributed by atoms with van der Waals surface area (Å²) in [4.78, 5) is 0.862. The van der Waals surface area contributed by atoms with Gasteiger partial charge in [-0.05, 0) is 35.9 Å². The zero-order valence-corrected chi connectivity index (χ0v) is 12.2. The number of thioether (sulfide) groups is 1. The maximum Gasteiger partial charge on any atom is 0.161 e. The van der Waals surface area contributed by atoms with E-state index in [1.807, 2.05) is 18.2 Å². The summed E-state index contributed by atoms with van der Waals surface area (Å²) in [6, 6.07) is 10.2. The first-order valence-electron chi connectivity index (χ1n) is 6.02. The average molecular weight is 293 g/mol. The Kier molecular flexibility index (Phi) is 4.74. The molecule has 0 fully saturated rings. The number of nitrogens with two attached hydrogens (primary N) is 1. The maximum atomic E-state index is 13.0. The highest BCUT2D eigenvalue weighted by Crippen LogP contribution is 2.32. The minimum absolute atomic E-state index is 0.321. The van der Waals surface area contributed by atoms with Crippen molar-refractivity contribution in [3.63, 3.8) is 0 Å². The molecule has 0 atom stereocenters. The molecule has 0 spiro atoms.